The van der Waals surface area contributed by atoms with E-state index >= 15 is 0 Å². The molecule has 2 aromatic heterocycles. The Morgan fingerprint density at radius 3 is 3.00 bits per heavy atom. The van der Waals surface area contributed by atoms with E-state index < -0.39 is 5.97 Å². The number of ether oxygens (including phenoxy) is 1. The summed E-state index contributed by atoms with van der Waals surface area (Å²) >= 11 is 0. The minimum atomic E-state index is -0.519. The van der Waals surface area contributed by atoms with Gasteiger partial charge in [0.2, 0.25) is 0 Å². The molecule has 6 nitrogen and oxygen atoms in total. The molecule has 0 radical (unpaired) electrons. The topological polar surface area (TPSA) is 76.5 Å². The largest absolute Gasteiger partial charge is 0.464 e. The van der Waals surface area contributed by atoms with Gasteiger partial charge in [0.05, 0.1) is 7.11 Å². The third kappa shape index (κ3) is 1.39. The Labute approximate surface area is 84.5 Å². The quantitative estimate of drug-likeness (QED) is 0.674. The van der Waals surface area contributed by atoms with Gasteiger partial charge >= 0.3 is 11.7 Å². The summed E-state index contributed by atoms with van der Waals surface area (Å²) in [6.45, 7) is 1.72. The first kappa shape index (κ1) is 9.45. The molecule has 0 aliphatic heterocycles. The van der Waals surface area contributed by atoms with Gasteiger partial charge in [0.25, 0.3) is 0 Å². The van der Waals surface area contributed by atoms with E-state index in [1.165, 1.54) is 23.8 Å². The number of hydrogen-bond acceptors (Lipinski definition) is 4. The second kappa shape index (κ2) is 3.23. The van der Waals surface area contributed by atoms with Crippen LogP contribution >= 0.6 is 0 Å². The molecule has 15 heavy (non-hydrogen) atoms. The first-order valence-electron chi connectivity index (χ1n) is 4.29. The van der Waals surface area contributed by atoms with Crippen LogP contribution in [0.5, 0.6) is 0 Å². The Morgan fingerprint density at radius 2 is 2.33 bits per heavy atom. The number of methoxy groups -OCH3 is 1. The highest BCUT2D eigenvalue weighted by atomic mass is 16.5. The molecule has 0 aromatic carbocycles. The van der Waals surface area contributed by atoms with Crippen molar-refractivity contribution in [1.82, 2.24) is 14.4 Å². The molecule has 0 spiro atoms. The smallest absolute Gasteiger partial charge is 0.356 e. The van der Waals surface area contributed by atoms with Gasteiger partial charge in [-0.25, -0.2) is 19.0 Å². The van der Waals surface area contributed by atoms with E-state index in [9.17, 15) is 9.59 Å². The number of H-pyrrole nitrogens is 1. The van der Waals surface area contributed by atoms with Crippen molar-refractivity contribution in [3.8, 4) is 0 Å². The third-order valence-corrected chi connectivity index (χ3v) is 2.08. The number of hydrogen-bond donors (Lipinski definition) is 1. The average Bonchev–Trinajstić information content (AvgIpc) is 2.59. The van der Waals surface area contributed by atoms with E-state index in [1.807, 2.05) is 0 Å². The summed E-state index contributed by atoms with van der Waals surface area (Å²) in [6, 6.07) is 1.51. The van der Waals surface area contributed by atoms with E-state index in [2.05, 4.69) is 14.7 Å². The predicted molar refractivity (Wildman–Crippen MR) is 51.9 cm³/mol. The van der Waals surface area contributed by atoms with Crippen molar-refractivity contribution in [3.63, 3.8) is 0 Å². The lowest BCUT2D eigenvalue weighted by Gasteiger charge is -2.01. The van der Waals surface area contributed by atoms with Gasteiger partial charge in [0.15, 0.2) is 11.3 Å². The summed E-state index contributed by atoms with van der Waals surface area (Å²) < 4.78 is 5.93. The Balaban J connectivity index is 2.74. The van der Waals surface area contributed by atoms with Gasteiger partial charge in [0, 0.05) is 11.9 Å². The molecule has 2 rings (SSSR count). The molecule has 0 bridgehead atoms. The standard InChI is InChI=1S/C9H9N3O3/c1-5-3-6(8(13)15-2)11-7-4-10-9(14)12(5)7/h3-4H,1-2H3,(H,10,14). The summed E-state index contributed by atoms with van der Waals surface area (Å²) in [6.07, 6.45) is 1.45. The van der Waals surface area contributed by atoms with Gasteiger partial charge in [-0.2, -0.15) is 0 Å². The minimum absolute atomic E-state index is 0.189. The van der Waals surface area contributed by atoms with Gasteiger partial charge in [-0.15, -0.1) is 0 Å². The Kier molecular flexibility index (Phi) is 2.03. The van der Waals surface area contributed by atoms with Gasteiger partial charge < -0.3 is 9.72 Å². The molecular weight excluding hydrogens is 198 g/mol. The predicted octanol–water partition coefficient (Wildman–Crippen LogP) is 0.118. The van der Waals surface area contributed by atoms with Crippen LogP contribution in [0.1, 0.15) is 16.2 Å². The molecule has 1 N–H and O–H groups in total. The van der Waals surface area contributed by atoms with Crippen molar-refractivity contribution in [2.45, 2.75) is 6.92 Å². The third-order valence-electron chi connectivity index (χ3n) is 2.08. The van der Waals surface area contributed by atoms with E-state index in [0.29, 0.717) is 11.3 Å². The summed E-state index contributed by atoms with van der Waals surface area (Å²) in [5.74, 6) is -0.519. The maximum absolute atomic E-state index is 11.3. The average molecular weight is 207 g/mol. The molecule has 2 aromatic rings. The van der Waals surface area contributed by atoms with Crippen molar-refractivity contribution in [2.24, 2.45) is 0 Å². The van der Waals surface area contributed by atoms with Crippen LogP contribution in [-0.4, -0.2) is 27.4 Å². The lowest BCUT2D eigenvalue weighted by molar-refractivity contribution is 0.0594. The summed E-state index contributed by atoms with van der Waals surface area (Å²) in [4.78, 5) is 29.0. The van der Waals surface area contributed by atoms with E-state index in [1.54, 1.807) is 6.92 Å². The van der Waals surface area contributed by atoms with Gasteiger partial charge in [0.1, 0.15) is 0 Å². The highest BCUT2D eigenvalue weighted by Gasteiger charge is 2.11. The highest BCUT2D eigenvalue weighted by Crippen LogP contribution is 2.05. The van der Waals surface area contributed by atoms with Crippen LogP contribution in [0.15, 0.2) is 17.1 Å². The molecule has 0 fully saturated rings. The van der Waals surface area contributed by atoms with Gasteiger partial charge in [-0.1, -0.05) is 0 Å². The molecule has 0 saturated carbocycles. The molecule has 0 unspecified atom stereocenters. The normalized spacial score (nSPS) is 10.5. The maximum atomic E-state index is 11.3. The molecule has 0 aliphatic carbocycles. The molecule has 6 heteroatoms. The number of rotatable bonds is 1. The monoisotopic (exact) mass is 207 g/mol. The minimum Gasteiger partial charge on any atom is -0.464 e. The fraction of sp³-hybridized carbons (Fsp3) is 0.222. The molecular formula is C9H9N3O3. The zero-order chi connectivity index (χ0) is 11.0. The molecule has 2 heterocycles. The Bertz CT molecular complexity index is 582. The van der Waals surface area contributed by atoms with Crippen LogP contribution in [-0.2, 0) is 4.74 Å². The number of carbonyl (C=O) groups is 1. The number of nitrogens with zero attached hydrogens (tertiary/aromatic N) is 2. The second-order valence-electron chi connectivity index (χ2n) is 3.06. The van der Waals surface area contributed by atoms with Crippen molar-refractivity contribution < 1.29 is 9.53 Å². The molecule has 0 amide bonds. The van der Waals surface area contributed by atoms with Crippen LogP contribution in [0.3, 0.4) is 0 Å². The van der Waals surface area contributed by atoms with Crippen LogP contribution in [0, 0.1) is 6.92 Å². The van der Waals surface area contributed by atoms with Crippen molar-refractivity contribution >= 4 is 11.6 Å². The van der Waals surface area contributed by atoms with E-state index in [-0.39, 0.29) is 11.4 Å². The number of aromatic nitrogens is 3. The fourth-order valence-corrected chi connectivity index (χ4v) is 1.41. The zero-order valence-electron chi connectivity index (χ0n) is 8.27. The summed E-state index contributed by atoms with van der Waals surface area (Å²) in [7, 11) is 1.28. The zero-order valence-corrected chi connectivity index (χ0v) is 8.27. The SMILES string of the molecule is COC(=O)c1cc(C)n2c(=O)[nH]cc2n1. The molecule has 78 valence electrons. The first-order chi connectivity index (χ1) is 7.13. The van der Waals surface area contributed by atoms with Crippen LogP contribution in [0.25, 0.3) is 5.65 Å². The maximum Gasteiger partial charge on any atom is 0.356 e. The van der Waals surface area contributed by atoms with Crippen LogP contribution in [0.4, 0.5) is 0 Å². The van der Waals surface area contributed by atoms with E-state index in [0.717, 1.165) is 0 Å². The number of aryl methyl sites for hydroxylation is 1. The fourth-order valence-electron chi connectivity index (χ4n) is 1.41. The lowest BCUT2D eigenvalue weighted by Crippen LogP contribution is -2.14. The number of esters is 1. The lowest BCUT2D eigenvalue weighted by atomic mass is 10.3. The van der Waals surface area contributed by atoms with Gasteiger partial charge in [-0.3, -0.25) is 0 Å². The molecule has 0 atom stereocenters. The Hall–Kier alpha value is -2.11. The Morgan fingerprint density at radius 1 is 1.60 bits per heavy atom. The van der Waals surface area contributed by atoms with Crippen LogP contribution < -0.4 is 5.69 Å². The number of nitrogens with one attached hydrogen (secondary N) is 1. The highest BCUT2D eigenvalue weighted by molar-refractivity contribution is 5.87. The number of fused-ring (bicyclic) bond motifs is 1. The van der Waals surface area contributed by atoms with Crippen molar-refractivity contribution in [2.75, 3.05) is 7.11 Å². The second-order valence-corrected chi connectivity index (χ2v) is 3.06. The summed E-state index contributed by atoms with van der Waals surface area (Å²) in [5.41, 5.74) is 0.951. The first-order valence-corrected chi connectivity index (χ1v) is 4.29. The van der Waals surface area contributed by atoms with E-state index in [4.69, 9.17) is 0 Å². The summed E-state index contributed by atoms with van der Waals surface area (Å²) in [5, 5.41) is 0. The van der Waals surface area contributed by atoms with Crippen molar-refractivity contribution in [3.05, 3.63) is 34.1 Å². The molecule has 0 aliphatic rings. The van der Waals surface area contributed by atoms with Crippen LogP contribution in [0.2, 0.25) is 0 Å². The molecule has 0 saturated heterocycles. The number of carbonyl (C=O) groups excluding carboxylic acids is 1. The van der Waals surface area contributed by atoms with Crippen molar-refractivity contribution in [1.29, 1.82) is 0 Å². The number of imidazole rings is 1. The number of aromatic amines is 1. The van der Waals surface area contributed by atoms with Gasteiger partial charge in [-0.05, 0) is 13.0 Å².